The van der Waals surface area contributed by atoms with E-state index in [1.807, 2.05) is 42.8 Å². The molecule has 0 radical (unpaired) electrons. The molecule has 1 aromatic heterocycles. The van der Waals surface area contributed by atoms with E-state index in [1.165, 1.54) is 13.0 Å². The Labute approximate surface area is 224 Å². The number of halogens is 3. The molecule has 9 heteroatoms. The van der Waals surface area contributed by atoms with Crippen molar-refractivity contribution in [3.8, 4) is 5.75 Å². The van der Waals surface area contributed by atoms with Gasteiger partial charge in [-0.2, -0.15) is 13.2 Å². The molecule has 0 aliphatic heterocycles. The maximum absolute atomic E-state index is 13.1. The van der Waals surface area contributed by atoms with Crippen LogP contribution < -0.4 is 10.1 Å². The fourth-order valence-electron chi connectivity index (χ4n) is 4.54. The number of aliphatic carboxylic acids is 1. The molecule has 0 bridgehead atoms. The Bertz CT molecular complexity index is 1540. The second kappa shape index (κ2) is 10.8. The summed E-state index contributed by atoms with van der Waals surface area (Å²) in [7, 11) is 1.90. The van der Waals surface area contributed by atoms with Gasteiger partial charge in [0.1, 0.15) is 5.75 Å². The monoisotopic (exact) mass is 538 g/mol. The van der Waals surface area contributed by atoms with Gasteiger partial charge < -0.3 is 19.7 Å². The molecule has 1 heterocycles. The topological polar surface area (TPSA) is 80.6 Å². The first kappa shape index (κ1) is 27.8. The van der Waals surface area contributed by atoms with E-state index < -0.39 is 29.9 Å². The Morgan fingerprint density at radius 1 is 1.03 bits per heavy atom. The predicted octanol–water partition coefficient (Wildman–Crippen LogP) is 6.44. The molecule has 0 spiro atoms. The Morgan fingerprint density at radius 3 is 2.44 bits per heavy atom. The van der Waals surface area contributed by atoms with Crippen LogP contribution >= 0.6 is 0 Å². The summed E-state index contributed by atoms with van der Waals surface area (Å²) in [5.41, 5.74) is 3.84. The van der Waals surface area contributed by atoms with Gasteiger partial charge in [-0.15, -0.1) is 0 Å². The number of alkyl halides is 3. The Balaban J connectivity index is 1.56. The lowest BCUT2D eigenvalue weighted by Gasteiger charge is -2.16. The van der Waals surface area contributed by atoms with Crippen molar-refractivity contribution in [1.82, 2.24) is 9.88 Å². The van der Waals surface area contributed by atoms with Gasteiger partial charge >= 0.3 is 12.1 Å². The van der Waals surface area contributed by atoms with Crippen LogP contribution in [-0.2, 0) is 24.4 Å². The predicted molar refractivity (Wildman–Crippen MR) is 142 cm³/mol. The van der Waals surface area contributed by atoms with Crippen molar-refractivity contribution in [3.63, 3.8) is 0 Å². The van der Waals surface area contributed by atoms with Gasteiger partial charge in [0.05, 0.1) is 11.6 Å². The summed E-state index contributed by atoms with van der Waals surface area (Å²) >= 11 is 0. The van der Waals surface area contributed by atoms with Gasteiger partial charge in [-0.1, -0.05) is 30.3 Å². The molecule has 3 aromatic carbocycles. The summed E-state index contributed by atoms with van der Waals surface area (Å²) in [4.78, 5) is 24.2. The minimum absolute atomic E-state index is 0.361. The molecule has 6 nitrogen and oxygen atoms in total. The van der Waals surface area contributed by atoms with Crippen molar-refractivity contribution in [2.45, 2.75) is 45.5 Å². The van der Waals surface area contributed by atoms with E-state index in [2.05, 4.69) is 5.32 Å². The lowest BCUT2D eigenvalue weighted by Crippen LogP contribution is -2.26. The summed E-state index contributed by atoms with van der Waals surface area (Å²) in [5, 5.41) is 12.9. The molecule has 2 N–H and O–H groups in total. The lowest BCUT2D eigenvalue weighted by atomic mass is 10.0. The summed E-state index contributed by atoms with van der Waals surface area (Å²) in [6.45, 7) is 5.10. The third-order valence-corrected chi connectivity index (χ3v) is 6.89. The van der Waals surface area contributed by atoms with Crippen molar-refractivity contribution in [3.05, 3.63) is 100 Å². The molecule has 4 rings (SSSR count). The third-order valence-electron chi connectivity index (χ3n) is 6.89. The number of aryl methyl sites for hydroxylation is 1. The van der Waals surface area contributed by atoms with E-state index in [1.54, 1.807) is 31.2 Å². The molecule has 1 amide bonds. The van der Waals surface area contributed by atoms with Crippen LogP contribution in [0.5, 0.6) is 5.75 Å². The number of hydrogen-bond donors (Lipinski definition) is 2. The van der Waals surface area contributed by atoms with Crippen LogP contribution in [0, 0.1) is 6.92 Å². The summed E-state index contributed by atoms with van der Waals surface area (Å²) in [6.07, 6.45) is -4.86. The van der Waals surface area contributed by atoms with Gasteiger partial charge in [-0.25, -0.2) is 4.79 Å². The first-order valence-electron chi connectivity index (χ1n) is 12.4. The minimum atomic E-state index is -4.46. The number of nitrogens with zero attached hydrogens (tertiary/aromatic N) is 1. The van der Waals surface area contributed by atoms with E-state index in [-0.39, 0.29) is 5.91 Å². The second-order valence-electron chi connectivity index (χ2n) is 9.60. The van der Waals surface area contributed by atoms with Gasteiger partial charge in [0.15, 0.2) is 6.10 Å². The van der Waals surface area contributed by atoms with Gasteiger partial charge in [0, 0.05) is 29.2 Å². The summed E-state index contributed by atoms with van der Waals surface area (Å²) in [6, 6.07) is 16.9. The minimum Gasteiger partial charge on any atom is -0.479 e. The smallest absolute Gasteiger partial charge is 0.416 e. The quantitative estimate of drug-likeness (QED) is 0.271. The average molecular weight is 539 g/mol. The maximum Gasteiger partial charge on any atom is 0.416 e. The highest BCUT2D eigenvalue weighted by molar-refractivity contribution is 5.99. The highest BCUT2D eigenvalue weighted by Gasteiger charge is 2.31. The number of fused-ring (bicyclic) bond motifs is 1. The van der Waals surface area contributed by atoms with E-state index >= 15 is 0 Å². The van der Waals surface area contributed by atoms with Crippen molar-refractivity contribution >= 4 is 22.8 Å². The molecule has 0 saturated heterocycles. The number of rotatable bonds is 8. The van der Waals surface area contributed by atoms with E-state index in [4.69, 9.17) is 9.84 Å². The molecule has 39 heavy (non-hydrogen) atoms. The van der Waals surface area contributed by atoms with E-state index in [9.17, 15) is 22.8 Å². The lowest BCUT2D eigenvalue weighted by molar-refractivity contribution is -0.144. The van der Waals surface area contributed by atoms with Crippen LogP contribution in [0.3, 0.4) is 0 Å². The standard InChI is InChI=1S/C30H29F3N2O4/c1-17(21-8-6-9-23(15-21)30(31,32)33)34-28(36)22-11-12-25-26(18(2)35(4)27(25)16-22)14-20-7-5-10-24(13-20)39-19(3)29(37)38/h5-13,15-17,19H,14H2,1-4H3,(H,34,36)(H,37,38)/t17-,19?/m0/s1. The van der Waals surface area contributed by atoms with Crippen LogP contribution in [-0.4, -0.2) is 27.7 Å². The number of hydrogen-bond acceptors (Lipinski definition) is 3. The molecule has 0 saturated carbocycles. The van der Waals surface area contributed by atoms with Crippen LogP contribution in [0.4, 0.5) is 13.2 Å². The SMILES string of the molecule is Cc1c(Cc2cccc(OC(C)C(=O)O)c2)c2ccc(C(=O)N[C@@H](C)c3cccc(C(F)(F)F)c3)cc2n1C. The molecule has 2 atom stereocenters. The second-order valence-corrected chi connectivity index (χ2v) is 9.60. The fourth-order valence-corrected chi connectivity index (χ4v) is 4.54. The summed E-state index contributed by atoms with van der Waals surface area (Å²) in [5.74, 6) is -0.969. The number of nitrogens with one attached hydrogen (secondary N) is 1. The van der Waals surface area contributed by atoms with Crippen molar-refractivity contribution in [2.75, 3.05) is 0 Å². The van der Waals surface area contributed by atoms with Crippen molar-refractivity contribution in [2.24, 2.45) is 7.05 Å². The molecule has 0 fully saturated rings. The maximum atomic E-state index is 13.1. The van der Waals surface area contributed by atoms with Crippen molar-refractivity contribution in [1.29, 1.82) is 0 Å². The number of carboxylic acids is 1. The zero-order chi connectivity index (χ0) is 28.5. The van der Waals surface area contributed by atoms with Crippen LogP contribution in [0.25, 0.3) is 10.9 Å². The first-order valence-corrected chi connectivity index (χ1v) is 12.4. The highest BCUT2D eigenvalue weighted by Crippen LogP contribution is 2.32. The van der Waals surface area contributed by atoms with Crippen LogP contribution in [0.2, 0.25) is 0 Å². The van der Waals surface area contributed by atoms with Gasteiger partial charge in [-0.3, -0.25) is 4.79 Å². The number of carbonyl (C=O) groups excluding carboxylic acids is 1. The Hall–Kier alpha value is -4.27. The average Bonchev–Trinajstić information content (AvgIpc) is 3.12. The number of aromatic nitrogens is 1. The molecular formula is C30H29F3N2O4. The van der Waals surface area contributed by atoms with Crippen LogP contribution in [0.1, 0.15) is 58.2 Å². The molecule has 0 aliphatic rings. The summed E-state index contributed by atoms with van der Waals surface area (Å²) < 4.78 is 46.8. The number of amides is 1. The fraction of sp³-hybridized carbons (Fsp3) is 0.267. The van der Waals surface area contributed by atoms with Gasteiger partial charge in [0.2, 0.25) is 0 Å². The number of benzene rings is 3. The van der Waals surface area contributed by atoms with Crippen molar-refractivity contribution < 1.29 is 32.6 Å². The molecule has 0 aliphatic carbocycles. The molecule has 204 valence electrons. The molecular weight excluding hydrogens is 509 g/mol. The molecule has 1 unspecified atom stereocenters. The Kier molecular flexibility index (Phi) is 7.72. The van der Waals surface area contributed by atoms with Gasteiger partial charge in [0.25, 0.3) is 5.91 Å². The zero-order valence-corrected chi connectivity index (χ0v) is 22.0. The highest BCUT2D eigenvalue weighted by atomic mass is 19.4. The first-order chi connectivity index (χ1) is 18.3. The molecule has 4 aromatic rings. The third kappa shape index (κ3) is 6.08. The number of ether oxygens (including phenoxy) is 1. The van der Waals surface area contributed by atoms with E-state index in [0.29, 0.717) is 23.3 Å². The number of carboxylic acid groups (broad SMARTS) is 1. The van der Waals surface area contributed by atoms with E-state index in [0.717, 1.165) is 39.9 Å². The zero-order valence-electron chi connectivity index (χ0n) is 22.0. The normalized spacial score (nSPS) is 13.2. The number of carbonyl (C=O) groups is 2. The Morgan fingerprint density at radius 2 is 1.74 bits per heavy atom. The van der Waals surface area contributed by atoms with Crippen LogP contribution in [0.15, 0.2) is 66.7 Å². The largest absolute Gasteiger partial charge is 0.479 e. The van der Waals surface area contributed by atoms with Gasteiger partial charge in [-0.05, 0) is 80.3 Å².